The summed E-state index contributed by atoms with van der Waals surface area (Å²) in [5, 5.41) is 3.43. The lowest BCUT2D eigenvalue weighted by Gasteiger charge is -2.37. The Balaban J connectivity index is 2.60. The molecule has 0 aromatic heterocycles. The molecule has 0 saturated heterocycles. The predicted octanol–water partition coefficient (Wildman–Crippen LogP) is 3.43. The molecular formula is C14H27F3N2. The Morgan fingerprint density at radius 3 is 2.37 bits per heavy atom. The first-order valence-corrected chi connectivity index (χ1v) is 7.37. The summed E-state index contributed by atoms with van der Waals surface area (Å²) in [6.07, 6.45) is 0.363. The summed E-state index contributed by atoms with van der Waals surface area (Å²) in [6, 6.07) is 0.319. The predicted molar refractivity (Wildman–Crippen MR) is 72.2 cm³/mol. The Morgan fingerprint density at radius 1 is 1.21 bits per heavy atom. The maximum atomic E-state index is 12.6. The summed E-state index contributed by atoms with van der Waals surface area (Å²) in [4.78, 5) is 1.57. The van der Waals surface area contributed by atoms with Gasteiger partial charge < -0.3 is 5.32 Å². The van der Waals surface area contributed by atoms with Gasteiger partial charge in [-0.05, 0) is 39.2 Å². The second-order valence-corrected chi connectivity index (χ2v) is 5.85. The van der Waals surface area contributed by atoms with Gasteiger partial charge in [0, 0.05) is 18.6 Å². The van der Waals surface area contributed by atoms with Crippen molar-refractivity contribution in [1.82, 2.24) is 10.2 Å². The summed E-state index contributed by atoms with van der Waals surface area (Å²) >= 11 is 0. The van der Waals surface area contributed by atoms with E-state index in [4.69, 9.17) is 0 Å². The summed E-state index contributed by atoms with van der Waals surface area (Å²) < 4.78 is 37.8. The van der Waals surface area contributed by atoms with E-state index in [1.165, 1.54) is 6.42 Å². The fourth-order valence-corrected chi connectivity index (χ4v) is 2.95. The lowest BCUT2D eigenvalue weighted by molar-refractivity contribution is -0.151. The lowest BCUT2D eigenvalue weighted by atomic mass is 9.84. The highest BCUT2D eigenvalue weighted by Gasteiger charge is 2.34. The van der Waals surface area contributed by atoms with Gasteiger partial charge in [0.1, 0.15) is 0 Å². The van der Waals surface area contributed by atoms with Gasteiger partial charge in [0.15, 0.2) is 0 Å². The van der Waals surface area contributed by atoms with E-state index in [1.807, 2.05) is 13.8 Å². The van der Waals surface area contributed by atoms with Gasteiger partial charge in [-0.1, -0.05) is 19.8 Å². The molecule has 0 aromatic rings. The van der Waals surface area contributed by atoms with Crippen molar-refractivity contribution in [1.29, 1.82) is 0 Å². The quantitative estimate of drug-likeness (QED) is 0.802. The second kappa shape index (κ2) is 7.48. The third-order valence-corrected chi connectivity index (χ3v) is 3.96. The smallest absolute Gasteiger partial charge is 0.314 e. The fourth-order valence-electron chi connectivity index (χ4n) is 2.95. The largest absolute Gasteiger partial charge is 0.401 e. The van der Waals surface area contributed by atoms with Crippen molar-refractivity contribution in [3.8, 4) is 0 Å². The molecule has 2 atom stereocenters. The highest BCUT2D eigenvalue weighted by molar-refractivity contribution is 4.84. The average Bonchev–Trinajstić information content (AvgIpc) is 2.29. The zero-order valence-corrected chi connectivity index (χ0v) is 12.3. The topological polar surface area (TPSA) is 15.3 Å². The first-order valence-electron chi connectivity index (χ1n) is 7.37. The molecule has 5 heteroatoms. The Hall–Kier alpha value is -0.290. The summed E-state index contributed by atoms with van der Waals surface area (Å²) in [6.45, 7) is 6.40. The molecular weight excluding hydrogens is 253 g/mol. The molecule has 1 aliphatic rings. The molecule has 114 valence electrons. The van der Waals surface area contributed by atoms with Crippen molar-refractivity contribution in [2.75, 3.05) is 19.6 Å². The van der Waals surface area contributed by atoms with Crippen LogP contribution in [0.3, 0.4) is 0 Å². The summed E-state index contributed by atoms with van der Waals surface area (Å²) in [5.41, 5.74) is 0. The highest BCUT2D eigenvalue weighted by Crippen LogP contribution is 2.27. The molecule has 2 nitrogen and oxygen atoms in total. The number of alkyl halides is 3. The molecule has 0 aliphatic heterocycles. The molecule has 1 fully saturated rings. The third kappa shape index (κ3) is 6.13. The van der Waals surface area contributed by atoms with E-state index in [-0.39, 0.29) is 6.04 Å². The fraction of sp³-hybridized carbons (Fsp3) is 1.00. The average molecular weight is 280 g/mol. The number of halogens is 3. The van der Waals surface area contributed by atoms with Crippen LogP contribution in [0.1, 0.15) is 46.5 Å². The van der Waals surface area contributed by atoms with Crippen molar-refractivity contribution < 1.29 is 13.2 Å². The van der Waals surface area contributed by atoms with Crippen LogP contribution in [0.5, 0.6) is 0 Å². The van der Waals surface area contributed by atoms with Crippen LogP contribution < -0.4 is 5.32 Å². The van der Waals surface area contributed by atoms with Gasteiger partial charge in [-0.25, -0.2) is 0 Å². The molecule has 2 unspecified atom stereocenters. The Kier molecular flexibility index (Phi) is 6.60. The Morgan fingerprint density at radius 2 is 1.84 bits per heavy atom. The summed E-state index contributed by atoms with van der Waals surface area (Å²) in [5.74, 6) is 0.346. The van der Waals surface area contributed by atoms with Crippen molar-refractivity contribution in [2.45, 2.75) is 64.7 Å². The Labute approximate surface area is 114 Å². The molecule has 1 rings (SSSR count). The molecule has 0 amide bonds. The van der Waals surface area contributed by atoms with Gasteiger partial charge in [-0.15, -0.1) is 0 Å². The molecule has 1 aliphatic carbocycles. The first kappa shape index (κ1) is 16.8. The third-order valence-electron chi connectivity index (χ3n) is 3.96. The van der Waals surface area contributed by atoms with Crippen LogP contribution >= 0.6 is 0 Å². The zero-order valence-electron chi connectivity index (χ0n) is 12.3. The van der Waals surface area contributed by atoms with E-state index in [9.17, 15) is 13.2 Å². The van der Waals surface area contributed by atoms with Crippen molar-refractivity contribution in [2.24, 2.45) is 5.92 Å². The number of hydrogen-bond acceptors (Lipinski definition) is 2. The number of hydrogen-bond donors (Lipinski definition) is 1. The van der Waals surface area contributed by atoms with E-state index >= 15 is 0 Å². The molecule has 0 spiro atoms. The van der Waals surface area contributed by atoms with Crippen LogP contribution in [0, 0.1) is 5.92 Å². The molecule has 0 aromatic carbocycles. The van der Waals surface area contributed by atoms with Crippen LogP contribution in [0.4, 0.5) is 13.2 Å². The minimum absolute atomic E-state index is 0.0640. The SMILES string of the molecule is CCNC1CCCCC1CN(CC(F)(F)F)C(C)C. The van der Waals surface area contributed by atoms with Crippen LogP contribution in [-0.4, -0.2) is 42.8 Å². The molecule has 1 N–H and O–H groups in total. The van der Waals surface area contributed by atoms with E-state index in [2.05, 4.69) is 12.2 Å². The van der Waals surface area contributed by atoms with E-state index in [1.54, 1.807) is 4.90 Å². The van der Waals surface area contributed by atoms with E-state index < -0.39 is 12.7 Å². The number of rotatable bonds is 6. The van der Waals surface area contributed by atoms with Crippen LogP contribution in [-0.2, 0) is 0 Å². The first-order chi connectivity index (χ1) is 8.83. The van der Waals surface area contributed by atoms with Gasteiger partial charge in [0.2, 0.25) is 0 Å². The highest BCUT2D eigenvalue weighted by atomic mass is 19.4. The van der Waals surface area contributed by atoms with E-state index in [0.29, 0.717) is 18.5 Å². The molecule has 19 heavy (non-hydrogen) atoms. The van der Waals surface area contributed by atoms with Crippen LogP contribution in [0.25, 0.3) is 0 Å². The molecule has 0 radical (unpaired) electrons. The standard InChI is InChI=1S/C14H27F3N2/c1-4-18-13-8-6-5-7-12(13)9-19(11(2)3)10-14(15,16)17/h11-13,18H,4-10H2,1-3H3. The van der Waals surface area contributed by atoms with Crippen molar-refractivity contribution >= 4 is 0 Å². The normalized spacial score (nSPS) is 25.3. The van der Waals surface area contributed by atoms with Crippen LogP contribution in [0.15, 0.2) is 0 Å². The minimum atomic E-state index is -4.10. The number of nitrogens with one attached hydrogen (secondary N) is 1. The maximum Gasteiger partial charge on any atom is 0.401 e. The molecule has 0 bridgehead atoms. The summed E-state index contributed by atoms with van der Waals surface area (Å²) in [7, 11) is 0. The maximum absolute atomic E-state index is 12.6. The zero-order chi connectivity index (χ0) is 14.5. The van der Waals surface area contributed by atoms with E-state index in [0.717, 1.165) is 25.8 Å². The van der Waals surface area contributed by atoms with Gasteiger partial charge in [0.05, 0.1) is 6.54 Å². The molecule has 1 saturated carbocycles. The van der Waals surface area contributed by atoms with Crippen LogP contribution in [0.2, 0.25) is 0 Å². The second-order valence-electron chi connectivity index (χ2n) is 5.85. The monoisotopic (exact) mass is 280 g/mol. The Bertz CT molecular complexity index is 252. The van der Waals surface area contributed by atoms with Gasteiger partial charge in [0.25, 0.3) is 0 Å². The lowest BCUT2D eigenvalue weighted by Crippen LogP contribution is -2.48. The van der Waals surface area contributed by atoms with Gasteiger partial charge in [-0.2, -0.15) is 13.2 Å². The minimum Gasteiger partial charge on any atom is -0.314 e. The van der Waals surface area contributed by atoms with Crippen molar-refractivity contribution in [3.05, 3.63) is 0 Å². The van der Waals surface area contributed by atoms with Gasteiger partial charge >= 0.3 is 6.18 Å². The molecule has 0 heterocycles. The van der Waals surface area contributed by atoms with Crippen molar-refractivity contribution in [3.63, 3.8) is 0 Å². The number of nitrogens with zero attached hydrogens (tertiary/aromatic N) is 1. The van der Waals surface area contributed by atoms with Gasteiger partial charge in [-0.3, -0.25) is 4.90 Å².